The fourth-order valence-electron chi connectivity index (χ4n) is 4.76. The summed E-state index contributed by atoms with van der Waals surface area (Å²) in [6.45, 7) is 0.606. The van der Waals surface area contributed by atoms with E-state index >= 15 is 0 Å². The SMILES string of the molecule is CC1O[C@H](OC2C(O)C(OCCc3ccc(O)c(O)c3)OC(CO)C2OC(=O)/C=C/c2ccc(O)c(O)c2)C(O)C(O)C1O. The number of hydrogen-bond acceptors (Lipinski definition) is 15. The van der Waals surface area contributed by atoms with E-state index in [1.54, 1.807) is 6.07 Å². The lowest BCUT2D eigenvalue weighted by atomic mass is 9.97. The molecule has 9 N–H and O–H groups in total. The van der Waals surface area contributed by atoms with Crippen molar-refractivity contribution in [3.05, 3.63) is 53.6 Å². The van der Waals surface area contributed by atoms with Crippen LogP contribution in [0.3, 0.4) is 0 Å². The summed E-state index contributed by atoms with van der Waals surface area (Å²) in [4.78, 5) is 12.8. The number of rotatable bonds is 10. The van der Waals surface area contributed by atoms with Gasteiger partial charge in [-0.2, -0.15) is 0 Å². The molecule has 2 aromatic rings. The van der Waals surface area contributed by atoms with Crippen molar-refractivity contribution in [1.29, 1.82) is 0 Å². The zero-order valence-corrected chi connectivity index (χ0v) is 23.5. The van der Waals surface area contributed by atoms with Gasteiger partial charge in [-0.1, -0.05) is 12.1 Å². The van der Waals surface area contributed by atoms with Crippen LogP contribution in [0.1, 0.15) is 18.1 Å². The van der Waals surface area contributed by atoms with Gasteiger partial charge in [-0.15, -0.1) is 0 Å². The van der Waals surface area contributed by atoms with Crippen LogP contribution in [-0.4, -0.2) is 127 Å². The molecule has 10 atom stereocenters. The molecule has 2 aliphatic rings. The highest BCUT2D eigenvalue weighted by molar-refractivity contribution is 5.87. The Morgan fingerprint density at radius 1 is 0.818 bits per heavy atom. The number of phenols is 4. The molecule has 44 heavy (non-hydrogen) atoms. The van der Waals surface area contributed by atoms with E-state index < -0.39 is 79.7 Å². The first-order chi connectivity index (χ1) is 20.9. The number of aliphatic hydroxyl groups excluding tert-OH is 5. The van der Waals surface area contributed by atoms with Gasteiger partial charge in [0.1, 0.15) is 36.6 Å². The molecule has 4 rings (SSSR count). The largest absolute Gasteiger partial charge is 0.504 e. The molecule has 0 radical (unpaired) electrons. The van der Waals surface area contributed by atoms with E-state index in [4.69, 9.17) is 23.7 Å². The highest BCUT2D eigenvalue weighted by Gasteiger charge is 2.52. The third-order valence-corrected chi connectivity index (χ3v) is 7.27. The lowest BCUT2D eigenvalue weighted by molar-refractivity contribution is -0.357. The van der Waals surface area contributed by atoms with Crippen LogP contribution in [0.5, 0.6) is 23.0 Å². The first kappa shape index (κ1) is 33.4. The van der Waals surface area contributed by atoms with Gasteiger partial charge in [0.05, 0.1) is 19.3 Å². The molecule has 0 aliphatic carbocycles. The van der Waals surface area contributed by atoms with Gasteiger partial charge < -0.3 is 69.6 Å². The number of aromatic hydroxyl groups is 4. The molecule has 0 amide bonds. The van der Waals surface area contributed by atoms with Crippen LogP contribution in [0.15, 0.2) is 42.5 Å². The minimum atomic E-state index is -1.77. The summed E-state index contributed by atoms with van der Waals surface area (Å²) in [6, 6.07) is 7.98. The lowest BCUT2D eigenvalue weighted by Gasteiger charge is -2.46. The van der Waals surface area contributed by atoms with Crippen molar-refractivity contribution in [2.45, 2.75) is 74.8 Å². The Hall–Kier alpha value is -3.51. The molecule has 2 aromatic carbocycles. The molecule has 0 bridgehead atoms. The van der Waals surface area contributed by atoms with Crippen LogP contribution in [0.4, 0.5) is 0 Å². The Labute approximate surface area is 251 Å². The van der Waals surface area contributed by atoms with E-state index in [2.05, 4.69) is 0 Å². The normalized spacial score (nSPS) is 32.5. The molecule has 9 unspecified atom stereocenters. The van der Waals surface area contributed by atoms with E-state index in [-0.39, 0.29) is 30.3 Å². The molecule has 2 fully saturated rings. The summed E-state index contributed by atoms with van der Waals surface area (Å²) in [5.74, 6) is -2.40. The first-order valence-corrected chi connectivity index (χ1v) is 13.7. The van der Waals surface area contributed by atoms with E-state index in [0.717, 1.165) is 6.08 Å². The molecule has 242 valence electrons. The van der Waals surface area contributed by atoms with Crippen molar-refractivity contribution in [2.24, 2.45) is 0 Å². The second-order valence-corrected chi connectivity index (χ2v) is 10.4. The summed E-state index contributed by atoms with van der Waals surface area (Å²) >= 11 is 0. The second-order valence-electron chi connectivity index (χ2n) is 10.4. The third-order valence-electron chi connectivity index (χ3n) is 7.27. The Bertz CT molecular complexity index is 1300. The minimum Gasteiger partial charge on any atom is -0.504 e. The fraction of sp³-hybridized carbons (Fsp3) is 0.483. The van der Waals surface area contributed by atoms with Gasteiger partial charge in [0.15, 0.2) is 41.7 Å². The highest BCUT2D eigenvalue weighted by atomic mass is 16.7. The maximum Gasteiger partial charge on any atom is 0.331 e. The van der Waals surface area contributed by atoms with E-state index in [0.29, 0.717) is 11.1 Å². The van der Waals surface area contributed by atoms with E-state index in [9.17, 15) is 50.8 Å². The quantitative estimate of drug-likeness (QED) is 0.0873. The first-order valence-electron chi connectivity index (χ1n) is 13.7. The van der Waals surface area contributed by atoms with Crippen molar-refractivity contribution in [1.82, 2.24) is 0 Å². The summed E-state index contributed by atoms with van der Waals surface area (Å²) in [5.41, 5.74) is 0.914. The lowest BCUT2D eigenvalue weighted by Crippen LogP contribution is -2.65. The van der Waals surface area contributed by atoms with Crippen molar-refractivity contribution in [3.63, 3.8) is 0 Å². The summed E-state index contributed by atoms with van der Waals surface area (Å²) in [7, 11) is 0. The molecule has 2 saturated heterocycles. The maximum absolute atomic E-state index is 12.8. The summed E-state index contributed by atoms with van der Waals surface area (Å²) < 4.78 is 28.2. The van der Waals surface area contributed by atoms with Crippen molar-refractivity contribution in [2.75, 3.05) is 13.2 Å². The number of benzene rings is 2. The highest BCUT2D eigenvalue weighted by Crippen LogP contribution is 2.32. The topological polar surface area (TPSA) is 245 Å². The molecular formula is C29H36O15. The number of aliphatic hydroxyl groups is 5. The molecule has 0 saturated carbocycles. The van der Waals surface area contributed by atoms with Gasteiger partial charge in [-0.05, 0) is 54.8 Å². The predicted octanol–water partition coefficient (Wildman–Crippen LogP) is -1.02. The number of hydrogen-bond donors (Lipinski definition) is 9. The molecule has 0 aromatic heterocycles. The Morgan fingerprint density at radius 2 is 1.50 bits per heavy atom. The van der Waals surface area contributed by atoms with Crippen LogP contribution in [0, 0.1) is 0 Å². The Balaban J connectivity index is 1.52. The number of ether oxygens (including phenoxy) is 5. The van der Waals surface area contributed by atoms with Gasteiger partial charge in [0.25, 0.3) is 0 Å². The fourth-order valence-corrected chi connectivity index (χ4v) is 4.76. The van der Waals surface area contributed by atoms with Crippen LogP contribution in [0.25, 0.3) is 6.08 Å². The van der Waals surface area contributed by atoms with Gasteiger partial charge in [0, 0.05) is 6.08 Å². The molecule has 2 heterocycles. The van der Waals surface area contributed by atoms with Crippen LogP contribution >= 0.6 is 0 Å². The standard InChI is InChI=1S/C29H36O15/c1-13-22(36)23(37)24(38)29(41-13)44-27-25(39)28(40-9-8-15-3-6-17(32)19(34)11-15)42-20(12-30)26(27)43-21(35)7-4-14-2-5-16(31)18(33)10-14/h2-7,10-11,13,20,22-34,36-39H,8-9,12H2,1H3/b7-4+/t13?,20?,22?,23?,24?,25?,26?,27?,28?,29-/m1/s1. The van der Waals surface area contributed by atoms with Gasteiger partial charge in [-0.3, -0.25) is 0 Å². The molecule has 2 aliphatic heterocycles. The van der Waals surface area contributed by atoms with Crippen LogP contribution in [0.2, 0.25) is 0 Å². The van der Waals surface area contributed by atoms with Gasteiger partial charge >= 0.3 is 5.97 Å². The van der Waals surface area contributed by atoms with Crippen LogP contribution in [-0.2, 0) is 34.9 Å². The maximum atomic E-state index is 12.8. The van der Waals surface area contributed by atoms with Crippen molar-refractivity contribution in [3.8, 4) is 23.0 Å². The predicted molar refractivity (Wildman–Crippen MR) is 147 cm³/mol. The Morgan fingerprint density at radius 3 is 2.16 bits per heavy atom. The smallest absolute Gasteiger partial charge is 0.331 e. The average molecular weight is 625 g/mol. The van der Waals surface area contributed by atoms with E-state index in [1.807, 2.05) is 0 Å². The number of carbonyl (C=O) groups excluding carboxylic acids is 1. The molecule has 0 spiro atoms. The van der Waals surface area contributed by atoms with Crippen LogP contribution < -0.4 is 0 Å². The third kappa shape index (κ3) is 7.76. The zero-order valence-electron chi connectivity index (χ0n) is 23.5. The molecular weight excluding hydrogens is 588 g/mol. The van der Waals surface area contributed by atoms with E-state index in [1.165, 1.54) is 43.3 Å². The zero-order chi connectivity index (χ0) is 32.1. The average Bonchev–Trinajstić information content (AvgIpc) is 2.99. The molecule has 15 heteroatoms. The second kappa shape index (κ2) is 14.5. The van der Waals surface area contributed by atoms with Gasteiger partial charge in [0.2, 0.25) is 0 Å². The number of carbonyl (C=O) groups is 1. The molecule has 15 nitrogen and oxygen atoms in total. The number of esters is 1. The monoisotopic (exact) mass is 624 g/mol. The Kier molecular flexibility index (Phi) is 11.0. The van der Waals surface area contributed by atoms with Gasteiger partial charge in [-0.25, -0.2) is 4.79 Å². The minimum absolute atomic E-state index is 0.0754. The summed E-state index contributed by atoms with van der Waals surface area (Å²) in [6.07, 6.45) is -12.6. The number of phenolic OH excluding ortho intramolecular Hbond substituents is 4. The summed E-state index contributed by atoms with van der Waals surface area (Å²) in [5, 5.41) is 90.5. The van der Waals surface area contributed by atoms with Crippen molar-refractivity contribution >= 4 is 12.0 Å². The van der Waals surface area contributed by atoms with Crippen molar-refractivity contribution < 1.29 is 74.4 Å².